The molecule has 0 bridgehead atoms. The fourth-order valence-electron chi connectivity index (χ4n) is 2.17. The molecule has 0 aromatic carbocycles. The van der Waals surface area contributed by atoms with E-state index in [0.29, 0.717) is 26.2 Å². The monoisotopic (exact) mass is 286 g/mol. The number of urea groups is 1. The standard InChI is InChI=1S/C14H26N2O4/c1-13(2,5-4-11(17)18)6-8-15-12(19)16-14(3)7-9-20-10-14/h4-10H2,1-3H3,(H,17,18)(H2,15,16,19). The molecule has 6 nitrogen and oxygen atoms in total. The second-order valence-electron chi connectivity index (χ2n) is 6.55. The van der Waals surface area contributed by atoms with Gasteiger partial charge in [-0.3, -0.25) is 4.79 Å². The van der Waals surface area contributed by atoms with Crippen molar-refractivity contribution in [3.8, 4) is 0 Å². The lowest BCUT2D eigenvalue weighted by atomic mass is 9.84. The molecule has 0 aliphatic carbocycles. The van der Waals surface area contributed by atoms with Gasteiger partial charge in [0.05, 0.1) is 12.1 Å². The molecule has 0 saturated carbocycles. The summed E-state index contributed by atoms with van der Waals surface area (Å²) >= 11 is 0. The first-order chi connectivity index (χ1) is 9.22. The van der Waals surface area contributed by atoms with Crippen molar-refractivity contribution in [1.29, 1.82) is 0 Å². The molecule has 1 aliphatic rings. The van der Waals surface area contributed by atoms with Crippen molar-refractivity contribution in [3.05, 3.63) is 0 Å². The van der Waals surface area contributed by atoms with Crippen LogP contribution in [0.2, 0.25) is 0 Å². The van der Waals surface area contributed by atoms with Crippen molar-refractivity contribution in [2.45, 2.75) is 52.0 Å². The maximum atomic E-state index is 11.8. The highest BCUT2D eigenvalue weighted by Crippen LogP contribution is 2.26. The van der Waals surface area contributed by atoms with Gasteiger partial charge in [0, 0.05) is 19.6 Å². The Kier molecular flexibility index (Phi) is 5.80. The van der Waals surface area contributed by atoms with Crippen LogP contribution in [0.4, 0.5) is 4.79 Å². The van der Waals surface area contributed by atoms with Crippen molar-refractivity contribution in [3.63, 3.8) is 0 Å². The van der Waals surface area contributed by atoms with Crippen LogP contribution in [0.3, 0.4) is 0 Å². The summed E-state index contributed by atoms with van der Waals surface area (Å²) in [4.78, 5) is 22.3. The number of carboxylic acid groups (broad SMARTS) is 1. The molecule has 116 valence electrons. The largest absolute Gasteiger partial charge is 0.481 e. The summed E-state index contributed by atoms with van der Waals surface area (Å²) in [6, 6.07) is -0.188. The smallest absolute Gasteiger partial charge is 0.315 e. The quantitative estimate of drug-likeness (QED) is 0.665. The molecule has 1 fully saturated rings. The molecule has 20 heavy (non-hydrogen) atoms. The van der Waals surface area contributed by atoms with E-state index in [1.54, 1.807) is 0 Å². The third-order valence-corrected chi connectivity index (χ3v) is 3.74. The maximum Gasteiger partial charge on any atom is 0.315 e. The zero-order valence-electron chi connectivity index (χ0n) is 12.6. The average Bonchev–Trinajstić information content (AvgIpc) is 2.73. The number of carbonyl (C=O) groups is 2. The molecule has 2 amide bonds. The van der Waals surface area contributed by atoms with Gasteiger partial charge in [-0.15, -0.1) is 0 Å². The summed E-state index contributed by atoms with van der Waals surface area (Å²) in [5.41, 5.74) is -0.366. The SMILES string of the molecule is CC(C)(CCNC(=O)NC1(C)CCOC1)CCC(=O)O. The summed E-state index contributed by atoms with van der Waals surface area (Å²) in [6.07, 6.45) is 2.34. The van der Waals surface area contributed by atoms with Crippen LogP contribution < -0.4 is 10.6 Å². The third-order valence-electron chi connectivity index (χ3n) is 3.74. The number of amides is 2. The van der Waals surface area contributed by atoms with Crippen LogP contribution in [0.5, 0.6) is 0 Å². The lowest BCUT2D eigenvalue weighted by Gasteiger charge is -2.26. The molecule has 1 aliphatic heterocycles. The zero-order valence-corrected chi connectivity index (χ0v) is 12.6. The van der Waals surface area contributed by atoms with Crippen LogP contribution in [0.25, 0.3) is 0 Å². The van der Waals surface area contributed by atoms with E-state index in [4.69, 9.17) is 9.84 Å². The number of aliphatic carboxylic acids is 1. The molecule has 1 atom stereocenters. The molecule has 0 aromatic heterocycles. The van der Waals surface area contributed by atoms with Gasteiger partial charge in [0.2, 0.25) is 0 Å². The molecule has 1 rings (SSSR count). The van der Waals surface area contributed by atoms with Crippen LogP contribution in [-0.4, -0.2) is 42.4 Å². The van der Waals surface area contributed by atoms with Gasteiger partial charge >= 0.3 is 12.0 Å². The molecule has 3 N–H and O–H groups in total. The first kappa shape index (κ1) is 16.8. The summed E-state index contributed by atoms with van der Waals surface area (Å²) in [6.45, 7) is 7.76. The predicted octanol–water partition coefficient (Wildman–Crippen LogP) is 1.75. The van der Waals surface area contributed by atoms with Gasteiger partial charge in [0.1, 0.15) is 0 Å². The summed E-state index contributed by atoms with van der Waals surface area (Å²) in [5, 5.41) is 14.4. The minimum atomic E-state index is -0.780. The highest BCUT2D eigenvalue weighted by Gasteiger charge is 2.31. The first-order valence-electron chi connectivity index (χ1n) is 7.08. The molecule has 1 heterocycles. The van der Waals surface area contributed by atoms with E-state index in [-0.39, 0.29) is 23.4 Å². The number of nitrogens with one attached hydrogen (secondary N) is 2. The van der Waals surface area contributed by atoms with Crippen molar-refractivity contribution < 1.29 is 19.4 Å². The van der Waals surface area contributed by atoms with Crippen LogP contribution >= 0.6 is 0 Å². The minimum Gasteiger partial charge on any atom is -0.481 e. The van der Waals surface area contributed by atoms with Gasteiger partial charge in [-0.05, 0) is 31.6 Å². The normalized spacial score (nSPS) is 22.6. The topological polar surface area (TPSA) is 87.7 Å². The molecular formula is C14H26N2O4. The molecular weight excluding hydrogens is 260 g/mol. The van der Waals surface area contributed by atoms with E-state index in [2.05, 4.69) is 10.6 Å². The van der Waals surface area contributed by atoms with Gasteiger partial charge in [0.15, 0.2) is 0 Å². The Morgan fingerprint density at radius 3 is 2.60 bits per heavy atom. The van der Waals surface area contributed by atoms with E-state index in [9.17, 15) is 9.59 Å². The van der Waals surface area contributed by atoms with Crippen molar-refractivity contribution >= 4 is 12.0 Å². The zero-order chi connectivity index (χ0) is 15.2. The van der Waals surface area contributed by atoms with Crippen molar-refractivity contribution in [1.82, 2.24) is 10.6 Å². The van der Waals surface area contributed by atoms with Crippen molar-refractivity contribution in [2.75, 3.05) is 19.8 Å². The molecule has 0 aromatic rings. The molecule has 0 spiro atoms. The lowest BCUT2D eigenvalue weighted by Crippen LogP contribution is -2.51. The Bertz CT molecular complexity index is 349. The highest BCUT2D eigenvalue weighted by molar-refractivity contribution is 5.74. The third kappa shape index (κ3) is 6.23. The fourth-order valence-corrected chi connectivity index (χ4v) is 2.17. The molecule has 1 saturated heterocycles. The Morgan fingerprint density at radius 1 is 1.35 bits per heavy atom. The number of carboxylic acids is 1. The maximum absolute atomic E-state index is 11.8. The summed E-state index contributed by atoms with van der Waals surface area (Å²) in [7, 11) is 0. The van der Waals surface area contributed by atoms with Gasteiger partial charge in [0.25, 0.3) is 0 Å². The van der Waals surface area contributed by atoms with Gasteiger partial charge in [-0.1, -0.05) is 13.8 Å². The Labute approximate surface area is 120 Å². The summed E-state index contributed by atoms with van der Waals surface area (Å²) in [5.74, 6) is -0.780. The van der Waals surface area contributed by atoms with Crippen LogP contribution in [0.15, 0.2) is 0 Å². The van der Waals surface area contributed by atoms with E-state index in [1.807, 2.05) is 20.8 Å². The first-order valence-corrected chi connectivity index (χ1v) is 7.08. The predicted molar refractivity (Wildman–Crippen MR) is 75.6 cm³/mol. The van der Waals surface area contributed by atoms with Crippen LogP contribution in [0, 0.1) is 5.41 Å². The number of hydrogen-bond acceptors (Lipinski definition) is 3. The minimum absolute atomic E-state index is 0.0912. The highest BCUT2D eigenvalue weighted by atomic mass is 16.5. The summed E-state index contributed by atoms with van der Waals surface area (Å²) < 4.78 is 5.28. The van der Waals surface area contributed by atoms with Crippen LogP contribution in [-0.2, 0) is 9.53 Å². The number of ether oxygens (including phenoxy) is 1. The fraction of sp³-hybridized carbons (Fsp3) is 0.857. The van der Waals surface area contributed by atoms with Gasteiger partial charge in [-0.25, -0.2) is 4.79 Å². The van der Waals surface area contributed by atoms with Gasteiger partial charge in [-0.2, -0.15) is 0 Å². The molecule has 1 unspecified atom stereocenters. The Morgan fingerprint density at radius 2 is 2.05 bits per heavy atom. The number of carbonyl (C=O) groups excluding carboxylic acids is 1. The number of hydrogen-bond donors (Lipinski definition) is 3. The number of rotatable bonds is 7. The van der Waals surface area contributed by atoms with Gasteiger partial charge < -0.3 is 20.5 Å². The second-order valence-corrected chi connectivity index (χ2v) is 6.55. The van der Waals surface area contributed by atoms with E-state index in [0.717, 1.165) is 12.8 Å². The average molecular weight is 286 g/mol. The van der Waals surface area contributed by atoms with E-state index in [1.165, 1.54) is 0 Å². The lowest BCUT2D eigenvalue weighted by molar-refractivity contribution is -0.137. The van der Waals surface area contributed by atoms with Crippen molar-refractivity contribution in [2.24, 2.45) is 5.41 Å². The second kappa shape index (κ2) is 6.92. The molecule has 0 radical (unpaired) electrons. The Hall–Kier alpha value is -1.30. The molecule has 6 heteroatoms. The van der Waals surface area contributed by atoms with E-state index >= 15 is 0 Å². The van der Waals surface area contributed by atoms with Crippen LogP contribution in [0.1, 0.15) is 46.5 Å². The van der Waals surface area contributed by atoms with E-state index < -0.39 is 5.97 Å². The Balaban J connectivity index is 2.22.